The second kappa shape index (κ2) is 13.6. The molecule has 2 rings (SSSR count). The Morgan fingerprint density at radius 1 is 1.20 bits per heavy atom. The van der Waals surface area contributed by atoms with Gasteiger partial charge in [0.2, 0.25) is 12.3 Å². The smallest absolute Gasteiger partial charge is 0.315 e. The van der Waals surface area contributed by atoms with Crippen molar-refractivity contribution in [3.05, 3.63) is 29.8 Å². The van der Waals surface area contributed by atoms with Gasteiger partial charge < -0.3 is 26.4 Å². The summed E-state index contributed by atoms with van der Waals surface area (Å²) in [6.45, 7) is 4.92. The molecule has 0 bridgehead atoms. The van der Waals surface area contributed by atoms with Crippen LogP contribution in [0.2, 0.25) is 0 Å². The molecule has 0 saturated carbocycles. The maximum Gasteiger partial charge on any atom is 0.315 e. The summed E-state index contributed by atoms with van der Waals surface area (Å²) in [6, 6.07) is 6.62. The van der Waals surface area contributed by atoms with Gasteiger partial charge in [-0.1, -0.05) is 12.1 Å². The van der Waals surface area contributed by atoms with Crippen LogP contribution in [0, 0.1) is 0 Å². The summed E-state index contributed by atoms with van der Waals surface area (Å²) < 4.78 is 9.63. The van der Waals surface area contributed by atoms with Crippen molar-refractivity contribution >= 4 is 41.7 Å². The molecule has 1 fully saturated rings. The van der Waals surface area contributed by atoms with E-state index >= 15 is 0 Å². The topological polar surface area (TPSA) is 138 Å². The van der Waals surface area contributed by atoms with Crippen LogP contribution in [0.25, 0.3) is 0 Å². The van der Waals surface area contributed by atoms with Gasteiger partial charge in [-0.05, 0) is 42.6 Å². The average molecular weight is 437 g/mol. The van der Waals surface area contributed by atoms with Crippen molar-refractivity contribution in [3.8, 4) is 0 Å². The monoisotopic (exact) mass is 436 g/mol. The van der Waals surface area contributed by atoms with Crippen LogP contribution < -0.4 is 21.7 Å². The van der Waals surface area contributed by atoms with E-state index in [4.69, 9.17) is 10.5 Å². The van der Waals surface area contributed by atoms with Crippen LogP contribution in [0.1, 0.15) is 18.4 Å². The summed E-state index contributed by atoms with van der Waals surface area (Å²) in [4.78, 5) is 36.0. The van der Waals surface area contributed by atoms with Crippen LogP contribution >= 0.6 is 11.9 Å². The predicted octanol–water partition coefficient (Wildman–Crippen LogP) is 0.547. The number of nitrogens with zero attached hydrogens (tertiary/aromatic N) is 2. The molecule has 0 aromatic heterocycles. The van der Waals surface area contributed by atoms with Crippen molar-refractivity contribution in [3.63, 3.8) is 0 Å². The maximum absolute atomic E-state index is 11.9. The van der Waals surface area contributed by atoms with Crippen LogP contribution in [0.3, 0.4) is 0 Å². The molecule has 0 radical (unpaired) electrons. The molecule has 164 valence electrons. The lowest BCUT2D eigenvalue weighted by Crippen LogP contribution is -2.39. The first-order valence-electron chi connectivity index (χ1n) is 9.68. The van der Waals surface area contributed by atoms with Crippen molar-refractivity contribution in [2.75, 3.05) is 50.6 Å². The Bertz CT molecular complexity index is 722. The quantitative estimate of drug-likeness (QED) is 0.124. The minimum absolute atomic E-state index is 0.0266. The highest BCUT2D eigenvalue weighted by molar-refractivity contribution is 7.98. The summed E-state index contributed by atoms with van der Waals surface area (Å²) in [6.07, 6.45) is 1.43. The van der Waals surface area contributed by atoms with E-state index in [1.165, 1.54) is 0 Å². The molecule has 30 heavy (non-hydrogen) atoms. The van der Waals surface area contributed by atoms with Gasteiger partial charge in [-0.25, -0.2) is 9.19 Å². The van der Waals surface area contributed by atoms with Crippen LogP contribution in [-0.2, 0) is 14.3 Å². The van der Waals surface area contributed by atoms with Crippen molar-refractivity contribution in [2.24, 2.45) is 10.1 Å². The number of anilines is 1. The maximum atomic E-state index is 11.9. The average Bonchev–Trinajstić information content (AvgIpc) is 2.75. The molecule has 4 amide bonds. The molecule has 0 spiro atoms. The third kappa shape index (κ3) is 9.25. The zero-order chi connectivity index (χ0) is 21.6. The third-order valence-corrected chi connectivity index (χ3v) is 4.92. The van der Waals surface area contributed by atoms with Gasteiger partial charge in [0, 0.05) is 25.3 Å². The van der Waals surface area contributed by atoms with E-state index in [0.29, 0.717) is 29.9 Å². The normalized spacial score (nSPS) is 14.7. The van der Waals surface area contributed by atoms with E-state index in [-0.39, 0.29) is 18.3 Å². The number of benzene rings is 1. The Balaban J connectivity index is 1.71. The third-order valence-electron chi connectivity index (χ3n) is 4.30. The van der Waals surface area contributed by atoms with Crippen molar-refractivity contribution < 1.29 is 19.1 Å². The fraction of sp³-hybridized carbons (Fsp3) is 0.474. The number of hydrogen-bond donors (Lipinski definition) is 4. The molecule has 0 unspecified atom stereocenters. The lowest BCUT2D eigenvalue weighted by molar-refractivity contribution is -0.116. The van der Waals surface area contributed by atoms with E-state index in [9.17, 15) is 14.4 Å². The molecule has 1 aliphatic rings. The fourth-order valence-electron chi connectivity index (χ4n) is 2.78. The minimum atomic E-state index is -0.504. The molecule has 5 N–H and O–H groups in total. The highest BCUT2D eigenvalue weighted by Crippen LogP contribution is 2.14. The summed E-state index contributed by atoms with van der Waals surface area (Å²) in [5.74, 6) is -0.252. The van der Waals surface area contributed by atoms with Crippen LogP contribution in [0.5, 0.6) is 0 Å². The largest absolute Gasteiger partial charge is 0.379 e. The van der Waals surface area contributed by atoms with Crippen LogP contribution in [0.4, 0.5) is 10.5 Å². The number of primary amides is 1. The van der Waals surface area contributed by atoms with Crippen molar-refractivity contribution in [1.82, 2.24) is 15.5 Å². The van der Waals surface area contributed by atoms with Gasteiger partial charge in [-0.15, -0.1) is 0 Å². The first-order chi connectivity index (χ1) is 14.6. The molecule has 11 heteroatoms. The van der Waals surface area contributed by atoms with E-state index < -0.39 is 5.91 Å². The zero-order valence-corrected chi connectivity index (χ0v) is 17.6. The number of hydrogen-bond acceptors (Lipinski definition) is 7. The molecule has 10 nitrogen and oxygen atoms in total. The number of urea groups is 1. The predicted molar refractivity (Wildman–Crippen MR) is 117 cm³/mol. The number of rotatable bonds is 12. The lowest BCUT2D eigenvalue weighted by atomic mass is 10.1. The zero-order valence-electron chi connectivity index (χ0n) is 16.8. The van der Waals surface area contributed by atoms with Gasteiger partial charge in [0.15, 0.2) is 0 Å². The number of nitrogens with two attached hydrogens (primary N) is 1. The lowest BCUT2D eigenvalue weighted by Gasteiger charge is -2.26. The van der Waals surface area contributed by atoms with Gasteiger partial charge >= 0.3 is 6.03 Å². The van der Waals surface area contributed by atoms with Gasteiger partial charge in [0.05, 0.1) is 31.2 Å². The Kier molecular flexibility index (Phi) is 10.7. The van der Waals surface area contributed by atoms with E-state index in [0.717, 1.165) is 51.2 Å². The van der Waals surface area contributed by atoms with Crippen LogP contribution in [-0.4, -0.2) is 74.2 Å². The Hall–Kier alpha value is -2.63. The molecule has 1 aliphatic heterocycles. The number of ether oxygens (including phenoxy) is 1. The van der Waals surface area contributed by atoms with Gasteiger partial charge in [0.25, 0.3) is 0 Å². The molecule has 1 aromatic carbocycles. The fourth-order valence-corrected chi connectivity index (χ4v) is 3.36. The second-order valence-electron chi connectivity index (χ2n) is 6.53. The summed E-state index contributed by atoms with van der Waals surface area (Å²) in [5, 5.41) is 8.07. The minimum Gasteiger partial charge on any atom is -0.379 e. The second-order valence-corrected chi connectivity index (χ2v) is 7.26. The number of amides is 4. The molecule has 1 heterocycles. The van der Waals surface area contributed by atoms with Crippen molar-refractivity contribution in [1.29, 1.82) is 0 Å². The van der Waals surface area contributed by atoms with Gasteiger partial charge in [-0.2, -0.15) is 0 Å². The molecule has 1 aromatic rings. The molecule has 0 aliphatic carbocycles. The molecule has 1 saturated heterocycles. The van der Waals surface area contributed by atoms with E-state index in [1.807, 2.05) is 0 Å². The Morgan fingerprint density at radius 3 is 2.60 bits per heavy atom. The number of carbonyl (C=O) groups is 3. The first-order valence-corrected chi connectivity index (χ1v) is 10.6. The SMILES string of the molecule is NC(=O)C/C(=N\SCNC(=O)NCCCN1CCOCC1)c1ccc(NC=O)cc1. The van der Waals surface area contributed by atoms with E-state index in [2.05, 4.69) is 25.2 Å². The number of morpholine rings is 1. The van der Waals surface area contributed by atoms with Gasteiger partial charge in [-0.3, -0.25) is 14.5 Å². The van der Waals surface area contributed by atoms with Gasteiger partial charge in [0.1, 0.15) is 0 Å². The van der Waals surface area contributed by atoms with Crippen LogP contribution in [0.15, 0.2) is 28.7 Å². The van der Waals surface area contributed by atoms with Crippen molar-refractivity contribution in [2.45, 2.75) is 12.8 Å². The number of carbonyl (C=O) groups excluding carboxylic acids is 3. The Morgan fingerprint density at radius 2 is 1.93 bits per heavy atom. The first kappa shape index (κ1) is 23.6. The summed E-state index contributed by atoms with van der Waals surface area (Å²) >= 11 is 1.12. The molecular formula is C19H28N6O4S. The highest BCUT2D eigenvalue weighted by atomic mass is 32.2. The Labute approximate surface area is 180 Å². The summed E-state index contributed by atoms with van der Waals surface area (Å²) in [7, 11) is 0. The van der Waals surface area contributed by atoms with E-state index in [1.54, 1.807) is 24.3 Å². The molecular weight excluding hydrogens is 408 g/mol. The molecule has 0 atom stereocenters. The summed E-state index contributed by atoms with van der Waals surface area (Å²) in [5.41, 5.74) is 7.15. The number of nitrogens with one attached hydrogen (secondary N) is 3. The standard InChI is InChI=1S/C19H28N6O4S/c20-18(27)12-17(15-2-4-16(5-3-15)22-13-26)24-30-14-23-19(28)21-6-1-7-25-8-10-29-11-9-25/h2-5,13H,1,6-12,14H2,(H2,20,27)(H,22,26)(H2,21,23,28)/b24-17+. The highest BCUT2D eigenvalue weighted by Gasteiger charge is 2.10.